The van der Waals surface area contributed by atoms with Crippen molar-refractivity contribution in [2.75, 3.05) is 0 Å². The van der Waals surface area contributed by atoms with Crippen molar-refractivity contribution in [3.8, 4) is 0 Å². The van der Waals surface area contributed by atoms with Crippen LogP contribution in [0.15, 0.2) is 18.2 Å². The van der Waals surface area contributed by atoms with Gasteiger partial charge in [-0.15, -0.1) is 0 Å². The second-order valence-electron chi connectivity index (χ2n) is 6.18. The smallest absolute Gasteiger partial charge is 0.336 e. The molecule has 3 rings (SSSR count). The van der Waals surface area contributed by atoms with E-state index >= 15 is 0 Å². The fourth-order valence-corrected chi connectivity index (χ4v) is 3.22. The normalized spacial score (nSPS) is 20.2. The van der Waals surface area contributed by atoms with Crippen LogP contribution in [0.25, 0.3) is 0 Å². The molecule has 0 bridgehead atoms. The van der Waals surface area contributed by atoms with Crippen LogP contribution in [0, 0.1) is 0 Å². The molecule has 0 unspecified atom stereocenters. The number of halogens is 2. The lowest BCUT2D eigenvalue weighted by atomic mass is 9.92. The first kappa shape index (κ1) is 15.7. The molecule has 2 amide bonds. The maximum atomic E-state index is 13.1. The quantitative estimate of drug-likeness (QED) is 0.878. The van der Waals surface area contributed by atoms with Gasteiger partial charge in [0.15, 0.2) is 0 Å². The molecule has 1 aliphatic heterocycles. The number of nitrogens with zero attached hydrogens (tertiary/aromatic N) is 1. The summed E-state index contributed by atoms with van der Waals surface area (Å²) >= 11 is 0. The molecular formula is C16H18F2N2O3. The molecule has 1 heterocycles. The number of nitrogens with one attached hydrogen (secondary N) is 1. The molecule has 2 N–H and O–H groups in total. The maximum absolute atomic E-state index is 13.1. The number of urea groups is 1. The lowest BCUT2D eigenvalue weighted by molar-refractivity contribution is -0.0398. The Labute approximate surface area is 132 Å². The van der Waals surface area contributed by atoms with Gasteiger partial charge in [-0.1, -0.05) is 12.1 Å². The minimum Gasteiger partial charge on any atom is -0.478 e. The number of carboxylic acids is 1. The maximum Gasteiger partial charge on any atom is 0.336 e. The van der Waals surface area contributed by atoms with E-state index in [4.69, 9.17) is 0 Å². The van der Waals surface area contributed by atoms with Gasteiger partial charge in [-0.25, -0.2) is 18.4 Å². The third-order valence-electron chi connectivity index (χ3n) is 4.55. The fourth-order valence-electron chi connectivity index (χ4n) is 3.22. The number of fused-ring (bicyclic) bond motifs is 1. The third kappa shape index (κ3) is 3.28. The highest BCUT2D eigenvalue weighted by atomic mass is 19.3. The predicted octanol–water partition coefficient (Wildman–Crippen LogP) is 2.99. The SMILES string of the molecule is O=C(O)c1cccc2c1CN(C(=O)NC1CCC(F)(F)CC1)C2. The summed E-state index contributed by atoms with van der Waals surface area (Å²) in [5, 5.41) is 12.0. The molecule has 0 spiro atoms. The summed E-state index contributed by atoms with van der Waals surface area (Å²) in [5.74, 6) is -3.64. The Bertz CT molecular complexity index is 638. The van der Waals surface area contributed by atoms with Crippen LogP contribution in [-0.4, -0.2) is 34.0 Å². The fraction of sp³-hybridized carbons (Fsp3) is 0.500. The van der Waals surface area contributed by atoms with Gasteiger partial charge >= 0.3 is 12.0 Å². The molecule has 7 heteroatoms. The number of rotatable bonds is 2. The number of aromatic carboxylic acids is 1. The second-order valence-corrected chi connectivity index (χ2v) is 6.18. The van der Waals surface area contributed by atoms with Gasteiger partial charge in [0, 0.05) is 32.0 Å². The average Bonchev–Trinajstić information content (AvgIpc) is 2.93. The van der Waals surface area contributed by atoms with Gasteiger partial charge in [0.2, 0.25) is 5.92 Å². The molecule has 124 valence electrons. The number of alkyl halides is 2. The van der Waals surface area contributed by atoms with E-state index in [1.54, 1.807) is 12.1 Å². The van der Waals surface area contributed by atoms with Gasteiger partial charge in [-0.05, 0) is 30.0 Å². The lowest BCUT2D eigenvalue weighted by Gasteiger charge is -2.30. The first-order chi connectivity index (χ1) is 10.9. The zero-order valence-corrected chi connectivity index (χ0v) is 12.5. The zero-order chi connectivity index (χ0) is 16.6. The van der Waals surface area contributed by atoms with Gasteiger partial charge in [-0.3, -0.25) is 0 Å². The Morgan fingerprint density at radius 3 is 2.57 bits per heavy atom. The number of hydrogen-bond acceptors (Lipinski definition) is 2. The van der Waals surface area contributed by atoms with Crippen LogP contribution in [0.4, 0.5) is 13.6 Å². The summed E-state index contributed by atoms with van der Waals surface area (Å²) in [6.45, 7) is 0.567. The number of hydrogen-bond donors (Lipinski definition) is 2. The Balaban J connectivity index is 1.62. The van der Waals surface area contributed by atoms with Gasteiger partial charge in [0.1, 0.15) is 0 Å². The van der Waals surface area contributed by atoms with Gasteiger partial charge in [0.25, 0.3) is 0 Å². The van der Waals surface area contributed by atoms with Gasteiger partial charge < -0.3 is 15.3 Å². The van der Waals surface area contributed by atoms with Crippen LogP contribution < -0.4 is 5.32 Å². The highest BCUT2D eigenvalue weighted by molar-refractivity contribution is 5.90. The van der Waals surface area contributed by atoms with Gasteiger partial charge in [0.05, 0.1) is 5.56 Å². The zero-order valence-electron chi connectivity index (χ0n) is 12.5. The molecule has 0 radical (unpaired) electrons. The van der Waals surface area contributed by atoms with E-state index in [-0.39, 0.29) is 49.9 Å². The van der Waals surface area contributed by atoms with Crippen molar-refractivity contribution in [1.29, 1.82) is 0 Å². The van der Waals surface area contributed by atoms with Crippen molar-refractivity contribution in [2.24, 2.45) is 0 Å². The van der Waals surface area contributed by atoms with Crippen LogP contribution in [0.1, 0.15) is 47.2 Å². The lowest BCUT2D eigenvalue weighted by Crippen LogP contribution is -2.45. The first-order valence-electron chi connectivity index (χ1n) is 7.63. The Kier molecular flexibility index (Phi) is 3.95. The molecule has 0 aromatic heterocycles. The summed E-state index contributed by atoms with van der Waals surface area (Å²) < 4.78 is 26.3. The molecule has 1 aliphatic carbocycles. The van der Waals surface area contributed by atoms with Crippen LogP contribution in [0.2, 0.25) is 0 Å². The van der Waals surface area contributed by atoms with E-state index in [1.165, 1.54) is 11.0 Å². The standard InChI is InChI=1S/C16H18F2N2O3/c17-16(18)6-4-11(5-7-16)19-15(23)20-8-10-2-1-3-12(14(21)22)13(10)9-20/h1-3,11H,4-9H2,(H,19,23)(H,21,22). The summed E-state index contributed by atoms with van der Waals surface area (Å²) in [5.41, 5.74) is 1.66. The largest absolute Gasteiger partial charge is 0.478 e. The van der Waals surface area contributed by atoms with E-state index in [0.717, 1.165) is 5.56 Å². The van der Waals surface area contributed by atoms with Crippen LogP contribution >= 0.6 is 0 Å². The van der Waals surface area contributed by atoms with E-state index in [2.05, 4.69) is 5.32 Å². The van der Waals surface area contributed by atoms with Gasteiger partial charge in [-0.2, -0.15) is 0 Å². The topological polar surface area (TPSA) is 69.6 Å². The van der Waals surface area contributed by atoms with Crippen LogP contribution in [0.5, 0.6) is 0 Å². The van der Waals surface area contributed by atoms with Crippen molar-refractivity contribution in [2.45, 2.75) is 50.7 Å². The first-order valence-corrected chi connectivity index (χ1v) is 7.63. The molecule has 1 aromatic rings. The Hall–Kier alpha value is -2.18. The number of carbonyl (C=O) groups is 2. The molecule has 1 aromatic carbocycles. The summed E-state index contributed by atoms with van der Waals surface area (Å²) in [4.78, 5) is 25.0. The van der Waals surface area contributed by atoms with Crippen LogP contribution in [0.3, 0.4) is 0 Å². The van der Waals surface area contributed by atoms with Crippen molar-refractivity contribution < 1.29 is 23.5 Å². The molecule has 0 saturated heterocycles. The van der Waals surface area contributed by atoms with E-state index in [9.17, 15) is 23.5 Å². The van der Waals surface area contributed by atoms with Crippen molar-refractivity contribution >= 4 is 12.0 Å². The monoisotopic (exact) mass is 324 g/mol. The highest BCUT2D eigenvalue weighted by Gasteiger charge is 2.36. The summed E-state index contributed by atoms with van der Waals surface area (Å²) in [6, 6.07) is 4.41. The molecule has 0 atom stereocenters. The van der Waals surface area contributed by atoms with Crippen molar-refractivity contribution in [1.82, 2.24) is 10.2 Å². The van der Waals surface area contributed by atoms with Crippen molar-refractivity contribution in [3.05, 3.63) is 34.9 Å². The molecule has 1 fully saturated rings. The predicted molar refractivity (Wildman–Crippen MR) is 78.4 cm³/mol. The molecule has 1 saturated carbocycles. The van der Waals surface area contributed by atoms with E-state index in [0.29, 0.717) is 12.1 Å². The second kappa shape index (κ2) is 5.79. The third-order valence-corrected chi connectivity index (χ3v) is 4.55. The van der Waals surface area contributed by atoms with Crippen molar-refractivity contribution in [3.63, 3.8) is 0 Å². The number of carboxylic acid groups (broad SMARTS) is 1. The minimum absolute atomic E-state index is 0.204. The highest BCUT2D eigenvalue weighted by Crippen LogP contribution is 2.33. The van der Waals surface area contributed by atoms with E-state index in [1.807, 2.05) is 0 Å². The number of amides is 2. The van der Waals surface area contributed by atoms with E-state index < -0.39 is 11.9 Å². The Morgan fingerprint density at radius 1 is 1.22 bits per heavy atom. The number of benzene rings is 1. The minimum atomic E-state index is -2.62. The summed E-state index contributed by atoms with van der Waals surface area (Å²) in [6.07, 6.45) is 0.114. The number of carbonyl (C=O) groups excluding carboxylic acids is 1. The molecule has 23 heavy (non-hydrogen) atoms. The average molecular weight is 324 g/mol. The molecular weight excluding hydrogens is 306 g/mol. The Morgan fingerprint density at radius 2 is 1.91 bits per heavy atom. The molecule has 2 aliphatic rings. The van der Waals surface area contributed by atoms with Crippen LogP contribution in [-0.2, 0) is 13.1 Å². The molecule has 5 nitrogen and oxygen atoms in total. The summed E-state index contributed by atoms with van der Waals surface area (Å²) in [7, 11) is 0.